The second-order valence-corrected chi connectivity index (χ2v) is 10.3. The second kappa shape index (κ2) is 9.52. The topological polar surface area (TPSA) is 58.4 Å². The zero-order valence-electron chi connectivity index (χ0n) is 18.5. The Labute approximate surface area is 189 Å². The first kappa shape index (κ1) is 22.6. The lowest BCUT2D eigenvalue weighted by molar-refractivity contribution is 0.242. The van der Waals surface area contributed by atoms with Crippen molar-refractivity contribution < 1.29 is 12.8 Å². The number of para-hydroxylation sites is 1. The van der Waals surface area contributed by atoms with Gasteiger partial charge >= 0.3 is 0 Å². The molecule has 0 spiro atoms. The molecular formula is C24H29FN4O2S. The van der Waals surface area contributed by atoms with Crippen molar-refractivity contribution in [3.63, 3.8) is 0 Å². The molecule has 2 heterocycles. The van der Waals surface area contributed by atoms with Gasteiger partial charge in [0.1, 0.15) is 5.82 Å². The number of hydrogen-bond acceptors (Lipinski definition) is 4. The van der Waals surface area contributed by atoms with E-state index < -0.39 is 10.0 Å². The second-order valence-electron chi connectivity index (χ2n) is 8.03. The molecular weight excluding hydrogens is 427 g/mol. The van der Waals surface area contributed by atoms with Crippen molar-refractivity contribution >= 4 is 10.0 Å². The maximum atomic E-state index is 13.3. The summed E-state index contributed by atoms with van der Waals surface area (Å²) in [4.78, 5) is 2.31. The fourth-order valence-corrected chi connectivity index (χ4v) is 5.27. The smallest absolute Gasteiger partial charge is 0.214 e. The lowest BCUT2D eigenvalue weighted by atomic mass is 10.0. The van der Waals surface area contributed by atoms with E-state index in [9.17, 15) is 12.8 Å². The largest absolute Gasteiger partial charge is 0.294 e. The van der Waals surface area contributed by atoms with Crippen LogP contribution >= 0.6 is 0 Å². The lowest BCUT2D eigenvalue weighted by Gasteiger charge is -2.28. The monoisotopic (exact) mass is 456 g/mol. The third kappa shape index (κ3) is 4.77. The van der Waals surface area contributed by atoms with Gasteiger partial charge in [-0.25, -0.2) is 17.5 Å². The van der Waals surface area contributed by atoms with Crippen molar-refractivity contribution in [2.45, 2.75) is 39.9 Å². The maximum Gasteiger partial charge on any atom is 0.214 e. The first-order chi connectivity index (χ1) is 15.4. The number of halogens is 1. The number of nitrogens with zero attached hydrogens (tertiary/aromatic N) is 4. The van der Waals surface area contributed by atoms with Crippen molar-refractivity contribution in [3.05, 3.63) is 82.9 Å². The Morgan fingerprint density at radius 3 is 2.44 bits per heavy atom. The number of benzene rings is 2. The van der Waals surface area contributed by atoms with Gasteiger partial charge in [-0.05, 0) is 36.8 Å². The average molecular weight is 457 g/mol. The van der Waals surface area contributed by atoms with Gasteiger partial charge in [-0.15, -0.1) is 0 Å². The molecule has 170 valence electrons. The van der Waals surface area contributed by atoms with Gasteiger partial charge in [0.05, 0.1) is 29.4 Å². The minimum Gasteiger partial charge on any atom is -0.294 e. The van der Waals surface area contributed by atoms with E-state index in [2.05, 4.69) is 4.90 Å². The molecule has 0 saturated carbocycles. The Kier molecular flexibility index (Phi) is 6.74. The Bertz CT molecular complexity index is 1160. The van der Waals surface area contributed by atoms with Crippen LogP contribution < -0.4 is 0 Å². The molecule has 0 aliphatic carbocycles. The zero-order valence-corrected chi connectivity index (χ0v) is 19.4. The molecule has 32 heavy (non-hydrogen) atoms. The molecule has 3 aromatic rings. The highest BCUT2D eigenvalue weighted by Crippen LogP contribution is 2.28. The number of aromatic nitrogens is 2. The van der Waals surface area contributed by atoms with Crippen molar-refractivity contribution in [2.75, 3.05) is 18.8 Å². The summed E-state index contributed by atoms with van der Waals surface area (Å²) < 4.78 is 41.9. The number of hydrogen-bond donors (Lipinski definition) is 0. The summed E-state index contributed by atoms with van der Waals surface area (Å²) in [6, 6.07) is 16.6. The van der Waals surface area contributed by atoms with E-state index in [0.29, 0.717) is 19.6 Å². The van der Waals surface area contributed by atoms with Crippen LogP contribution in [0.25, 0.3) is 5.69 Å². The summed E-state index contributed by atoms with van der Waals surface area (Å²) in [5.41, 5.74) is 5.05. The van der Waals surface area contributed by atoms with Crippen LogP contribution in [0.2, 0.25) is 0 Å². The molecule has 0 amide bonds. The van der Waals surface area contributed by atoms with Crippen LogP contribution in [0, 0.1) is 5.82 Å². The highest BCUT2D eigenvalue weighted by atomic mass is 32.2. The predicted molar refractivity (Wildman–Crippen MR) is 123 cm³/mol. The van der Waals surface area contributed by atoms with Crippen LogP contribution in [0.1, 0.15) is 36.4 Å². The zero-order chi connectivity index (χ0) is 22.7. The molecule has 1 aliphatic rings. The highest BCUT2D eigenvalue weighted by Gasteiger charge is 2.28. The van der Waals surface area contributed by atoms with E-state index in [1.54, 1.807) is 6.92 Å². The van der Waals surface area contributed by atoms with Gasteiger partial charge in [0.2, 0.25) is 10.0 Å². The first-order valence-electron chi connectivity index (χ1n) is 11.0. The van der Waals surface area contributed by atoms with Crippen LogP contribution in [0.5, 0.6) is 0 Å². The highest BCUT2D eigenvalue weighted by molar-refractivity contribution is 7.89. The summed E-state index contributed by atoms with van der Waals surface area (Å²) in [5.74, 6) is -0.169. The minimum atomic E-state index is -3.32. The summed E-state index contributed by atoms with van der Waals surface area (Å²) in [6.07, 6.45) is 0.811. The van der Waals surface area contributed by atoms with E-state index in [4.69, 9.17) is 5.10 Å². The molecule has 2 aromatic carbocycles. The fraction of sp³-hybridized carbons (Fsp3) is 0.375. The lowest BCUT2D eigenvalue weighted by Crippen LogP contribution is -2.33. The molecule has 1 aliphatic heterocycles. The molecule has 6 nitrogen and oxygen atoms in total. The van der Waals surface area contributed by atoms with Crippen LogP contribution in [0.3, 0.4) is 0 Å². The third-order valence-electron chi connectivity index (χ3n) is 5.98. The maximum absolute atomic E-state index is 13.3. The molecule has 0 bridgehead atoms. The van der Waals surface area contributed by atoms with E-state index >= 15 is 0 Å². The van der Waals surface area contributed by atoms with Crippen LogP contribution in [-0.2, 0) is 36.1 Å². The molecule has 0 fully saturated rings. The van der Waals surface area contributed by atoms with Crippen LogP contribution in [0.15, 0.2) is 54.6 Å². The van der Waals surface area contributed by atoms with E-state index in [0.717, 1.165) is 41.2 Å². The third-order valence-corrected chi connectivity index (χ3v) is 7.88. The number of rotatable bonds is 8. The first-order valence-corrected chi connectivity index (χ1v) is 12.6. The molecule has 0 N–H and O–H groups in total. The molecule has 0 unspecified atom stereocenters. The number of sulfonamides is 1. The average Bonchev–Trinajstić information content (AvgIpc) is 3.17. The van der Waals surface area contributed by atoms with Crippen molar-refractivity contribution in [3.8, 4) is 5.69 Å². The Morgan fingerprint density at radius 2 is 1.78 bits per heavy atom. The van der Waals surface area contributed by atoms with Crippen molar-refractivity contribution in [2.24, 2.45) is 0 Å². The fourth-order valence-electron chi connectivity index (χ4n) is 4.19. The van der Waals surface area contributed by atoms with Gasteiger partial charge in [-0.2, -0.15) is 9.40 Å². The van der Waals surface area contributed by atoms with Crippen molar-refractivity contribution in [1.82, 2.24) is 19.0 Å². The normalized spacial score (nSPS) is 14.6. The van der Waals surface area contributed by atoms with Gasteiger partial charge in [0.15, 0.2) is 0 Å². The summed E-state index contributed by atoms with van der Waals surface area (Å²) >= 11 is 0. The van der Waals surface area contributed by atoms with Crippen LogP contribution in [0.4, 0.5) is 4.39 Å². The minimum absolute atomic E-state index is 0.0686. The molecule has 1 aromatic heterocycles. The van der Waals surface area contributed by atoms with E-state index in [-0.39, 0.29) is 18.1 Å². The number of fused-ring (bicyclic) bond motifs is 1. The van der Waals surface area contributed by atoms with Crippen molar-refractivity contribution in [1.29, 1.82) is 0 Å². The molecule has 4 rings (SSSR count). The predicted octanol–water partition coefficient (Wildman–Crippen LogP) is 3.74. The van der Waals surface area contributed by atoms with E-state index in [1.165, 1.54) is 16.4 Å². The summed E-state index contributed by atoms with van der Waals surface area (Å²) in [7, 11) is -3.32. The van der Waals surface area contributed by atoms with Gasteiger partial charge in [0.25, 0.3) is 0 Å². The van der Waals surface area contributed by atoms with Gasteiger partial charge in [0, 0.05) is 38.2 Å². The Balaban J connectivity index is 1.67. The Morgan fingerprint density at radius 1 is 1.06 bits per heavy atom. The summed E-state index contributed by atoms with van der Waals surface area (Å²) in [6.45, 7) is 6.43. The quantitative estimate of drug-likeness (QED) is 0.518. The SMILES string of the molecule is CCN(Cc1nn(-c2ccccc2)c2c1CN(Cc1ccc(F)cc1)CC2)S(=O)(=O)CC. The summed E-state index contributed by atoms with van der Waals surface area (Å²) in [5, 5.41) is 4.89. The molecule has 8 heteroatoms. The molecule has 0 radical (unpaired) electrons. The van der Waals surface area contributed by atoms with Gasteiger partial charge in [-0.3, -0.25) is 4.90 Å². The van der Waals surface area contributed by atoms with Crippen LogP contribution in [-0.4, -0.2) is 46.2 Å². The van der Waals surface area contributed by atoms with Gasteiger partial charge < -0.3 is 0 Å². The van der Waals surface area contributed by atoms with Gasteiger partial charge in [-0.1, -0.05) is 37.3 Å². The molecule has 0 atom stereocenters. The Hall–Kier alpha value is -2.55. The molecule has 0 saturated heterocycles. The standard InChI is InChI=1S/C24H29FN4O2S/c1-3-28(32(30,31)4-2)18-23-22-17-27(16-19-10-12-20(25)13-11-19)15-14-24(22)29(26-23)21-8-6-5-7-9-21/h5-13H,3-4,14-18H2,1-2H3. The van der Waals surface area contributed by atoms with E-state index in [1.807, 2.05) is 54.1 Å².